The van der Waals surface area contributed by atoms with E-state index in [9.17, 15) is 26.4 Å². The lowest BCUT2D eigenvalue weighted by molar-refractivity contribution is -0.138. The van der Waals surface area contributed by atoms with Crippen molar-refractivity contribution in [1.29, 1.82) is 0 Å². The Morgan fingerprint density at radius 3 is 2.42 bits per heavy atom. The van der Waals surface area contributed by atoms with Crippen molar-refractivity contribution < 1.29 is 26.4 Å². The molecule has 0 aromatic heterocycles. The van der Waals surface area contributed by atoms with Crippen molar-refractivity contribution in [2.75, 3.05) is 30.3 Å². The first-order chi connectivity index (χ1) is 14.6. The third kappa shape index (κ3) is 5.76. The maximum absolute atomic E-state index is 13.0. The van der Waals surface area contributed by atoms with Gasteiger partial charge in [0.1, 0.15) is 0 Å². The van der Waals surface area contributed by atoms with Gasteiger partial charge in [0.2, 0.25) is 15.9 Å². The minimum absolute atomic E-state index is 0.0912. The number of nitrogens with zero attached hydrogens (tertiary/aromatic N) is 1. The number of carbonyl (C=O) groups is 1. The molecular weight excluding hydrogens is 431 g/mol. The zero-order valence-electron chi connectivity index (χ0n) is 17.0. The standard InChI is InChI=1S/C21H24F3N3O3S/c1-15-8-9-16(13-19(15)21(22,23)24)25-14-20(28)26-17-6-5-7-18(12-17)31(29,30)27-10-3-2-4-11-27/h5-9,12-13,25H,2-4,10-11,14H2,1H3,(H,26,28). The highest BCUT2D eigenvalue weighted by atomic mass is 32.2. The fourth-order valence-electron chi connectivity index (χ4n) is 3.41. The molecule has 1 heterocycles. The Labute approximate surface area is 179 Å². The quantitative estimate of drug-likeness (QED) is 0.683. The topological polar surface area (TPSA) is 78.5 Å². The SMILES string of the molecule is Cc1ccc(NCC(=O)Nc2cccc(S(=O)(=O)N3CCCCC3)c2)cc1C(F)(F)F. The number of benzene rings is 2. The Kier molecular flexibility index (Phi) is 6.90. The number of aryl methyl sites for hydroxylation is 1. The van der Waals surface area contributed by atoms with Crippen LogP contribution in [0.1, 0.15) is 30.4 Å². The summed E-state index contributed by atoms with van der Waals surface area (Å²) in [7, 11) is -3.64. The van der Waals surface area contributed by atoms with Crippen molar-refractivity contribution in [3.63, 3.8) is 0 Å². The number of nitrogens with one attached hydrogen (secondary N) is 2. The molecule has 1 aliphatic heterocycles. The number of halogens is 3. The minimum atomic E-state index is -4.48. The minimum Gasteiger partial charge on any atom is -0.376 e. The van der Waals surface area contributed by atoms with Crippen LogP contribution in [0.4, 0.5) is 24.5 Å². The normalized spacial score (nSPS) is 15.5. The number of rotatable bonds is 6. The molecule has 0 saturated carbocycles. The Hall–Kier alpha value is -2.59. The molecule has 0 aliphatic carbocycles. The van der Waals surface area contributed by atoms with Crippen LogP contribution in [0.5, 0.6) is 0 Å². The lowest BCUT2D eigenvalue weighted by Crippen LogP contribution is -2.35. The second kappa shape index (κ2) is 9.27. The van der Waals surface area contributed by atoms with Crippen molar-refractivity contribution in [3.05, 3.63) is 53.6 Å². The van der Waals surface area contributed by atoms with Gasteiger partial charge in [0.25, 0.3) is 0 Å². The number of alkyl halides is 3. The number of anilines is 2. The van der Waals surface area contributed by atoms with E-state index in [2.05, 4.69) is 10.6 Å². The molecule has 0 radical (unpaired) electrons. The van der Waals surface area contributed by atoms with Crippen LogP contribution < -0.4 is 10.6 Å². The van der Waals surface area contributed by atoms with Gasteiger partial charge in [0.05, 0.1) is 17.0 Å². The molecule has 6 nitrogen and oxygen atoms in total. The van der Waals surface area contributed by atoms with Crippen LogP contribution in [0.3, 0.4) is 0 Å². The maximum atomic E-state index is 13.0. The van der Waals surface area contributed by atoms with Crippen LogP contribution in [0.15, 0.2) is 47.4 Å². The Balaban J connectivity index is 1.65. The second-order valence-corrected chi connectivity index (χ2v) is 9.36. The Morgan fingerprint density at radius 1 is 1.03 bits per heavy atom. The summed E-state index contributed by atoms with van der Waals surface area (Å²) in [5.41, 5.74) is -0.220. The van der Waals surface area contributed by atoms with E-state index in [-0.39, 0.29) is 22.7 Å². The summed E-state index contributed by atoms with van der Waals surface area (Å²) in [6.07, 6.45) is -1.85. The third-order valence-corrected chi connectivity index (χ3v) is 6.96. The van der Waals surface area contributed by atoms with Crippen LogP contribution in [0.25, 0.3) is 0 Å². The number of hydrogen-bond acceptors (Lipinski definition) is 4. The van der Waals surface area contributed by atoms with Crippen molar-refractivity contribution in [2.45, 2.75) is 37.3 Å². The lowest BCUT2D eigenvalue weighted by atomic mass is 10.1. The predicted octanol–water partition coefficient (Wildman–Crippen LogP) is 4.24. The second-order valence-electron chi connectivity index (χ2n) is 7.42. The van der Waals surface area contributed by atoms with E-state index in [1.54, 1.807) is 6.07 Å². The van der Waals surface area contributed by atoms with Crippen molar-refractivity contribution in [1.82, 2.24) is 4.31 Å². The first-order valence-corrected chi connectivity index (χ1v) is 11.3. The Morgan fingerprint density at radius 2 is 1.74 bits per heavy atom. The fourth-order valence-corrected chi connectivity index (χ4v) is 4.98. The smallest absolute Gasteiger partial charge is 0.376 e. The van der Waals surface area contributed by atoms with Crippen LogP contribution in [-0.2, 0) is 21.0 Å². The van der Waals surface area contributed by atoms with Crippen molar-refractivity contribution >= 4 is 27.3 Å². The largest absolute Gasteiger partial charge is 0.416 e. The molecule has 2 aromatic rings. The lowest BCUT2D eigenvalue weighted by Gasteiger charge is -2.26. The molecule has 2 N–H and O–H groups in total. The monoisotopic (exact) mass is 455 g/mol. The summed E-state index contributed by atoms with van der Waals surface area (Å²) in [6.45, 7) is 2.03. The molecule has 1 amide bonds. The van der Waals surface area contributed by atoms with E-state index >= 15 is 0 Å². The number of sulfonamides is 1. The number of carbonyl (C=O) groups excluding carboxylic acids is 1. The van der Waals surface area contributed by atoms with Crippen LogP contribution in [-0.4, -0.2) is 38.3 Å². The van der Waals surface area contributed by atoms with Crippen LogP contribution in [0.2, 0.25) is 0 Å². The Bertz CT molecular complexity index is 1050. The number of hydrogen-bond donors (Lipinski definition) is 2. The zero-order chi connectivity index (χ0) is 22.6. The van der Waals surface area contributed by atoms with E-state index in [1.165, 1.54) is 41.6 Å². The highest BCUT2D eigenvalue weighted by molar-refractivity contribution is 7.89. The van der Waals surface area contributed by atoms with Crippen LogP contribution in [0, 0.1) is 6.92 Å². The summed E-state index contributed by atoms with van der Waals surface area (Å²) < 4.78 is 66.1. The molecule has 1 fully saturated rings. The maximum Gasteiger partial charge on any atom is 0.416 e. The molecular formula is C21H24F3N3O3S. The molecule has 0 bridgehead atoms. The molecule has 31 heavy (non-hydrogen) atoms. The average molecular weight is 456 g/mol. The fraction of sp³-hybridized carbons (Fsp3) is 0.381. The van der Waals surface area contributed by atoms with E-state index in [4.69, 9.17) is 0 Å². The molecule has 1 saturated heterocycles. The van der Waals surface area contributed by atoms with Gasteiger partial charge in [-0.25, -0.2) is 8.42 Å². The molecule has 168 valence electrons. The highest BCUT2D eigenvalue weighted by Crippen LogP contribution is 2.33. The summed E-state index contributed by atoms with van der Waals surface area (Å²) in [5, 5.41) is 5.24. The van der Waals surface area contributed by atoms with Gasteiger partial charge in [-0.3, -0.25) is 4.79 Å². The molecule has 0 spiro atoms. The van der Waals surface area contributed by atoms with Crippen molar-refractivity contribution in [2.24, 2.45) is 0 Å². The van der Waals surface area contributed by atoms with E-state index in [0.29, 0.717) is 18.8 Å². The van der Waals surface area contributed by atoms with E-state index < -0.39 is 27.7 Å². The molecule has 3 rings (SSSR count). The van der Waals surface area contributed by atoms with Gasteiger partial charge in [-0.15, -0.1) is 0 Å². The zero-order valence-corrected chi connectivity index (χ0v) is 17.8. The predicted molar refractivity (Wildman–Crippen MR) is 112 cm³/mol. The summed E-state index contributed by atoms with van der Waals surface area (Å²) in [4.78, 5) is 12.3. The first kappa shape index (κ1) is 23.1. The van der Waals surface area contributed by atoms with Gasteiger partial charge < -0.3 is 10.6 Å². The molecule has 0 atom stereocenters. The van der Waals surface area contributed by atoms with Crippen molar-refractivity contribution in [3.8, 4) is 0 Å². The van der Waals surface area contributed by atoms with Gasteiger partial charge in [-0.1, -0.05) is 18.6 Å². The number of amides is 1. The third-order valence-electron chi connectivity index (χ3n) is 5.07. The average Bonchev–Trinajstić information content (AvgIpc) is 2.73. The number of piperidine rings is 1. The summed E-state index contributed by atoms with van der Waals surface area (Å²) >= 11 is 0. The van der Waals surface area contributed by atoms with Gasteiger partial charge in [-0.2, -0.15) is 17.5 Å². The molecule has 10 heteroatoms. The van der Waals surface area contributed by atoms with Gasteiger partial charge in [0, 0.05) is 24.5 Å². The van der Waals surface area contributed by atoms with Gasteiger partial charge in [-0.05, 0) is 55.7 Å². The molecule has 0 unspecified atom stereocenters. The molecule has 2 aromatic carbocycles. The van der Waals surface area contributed by atoms with E-state index in [0.717, 1.165) is 25.3 Å². The summed E-state index contributed by atoms with van der Waals surface area (Å²) in [5.74, 6) is -0.512. The molecule has 1 aliphatic rings. The van der Waals surface area contributed by atoms with Gasteiger partial charge in [0.15, 0.2) is 0 Å². The highest BCUT2D eigenvalue weighted by Gasteiger charge is 2.32. The summed E-state index contributed by atoms with van der Waals surface area (Å²) in [6, 6.07) is 9.70. The van der Waals surface area contributed by atoms with E-state index in [1.807, 2.05) is 0 Å². The first-order valence-electron chi connectivity index (χ1n) is 9.89. The van der Waals surface area contributed by atoms with Gasteiger partial charge >= 0.3 is 6.18 Å². The van der Waals surface area contributed by atoms with Crippen LogP contribution >= 0.6 is 0 Å².